The molecule has 3 aromatic rings. The minimum absolute atomic E-state index is 0.0451. The summed E-state index contributed by atoms with van der Waals surface area (Å²) < 4.78 is 33.4. The SMILES string of the molecule is C[C@H]1Nc2ncnc3c2cc(C2(C#N)CC2)c(=O)n3CCCCCC/C=C\CN2CCC(CC2)C(F)(F)c2cccc1c2. The average Bonchev–Trinajstić information content (AvgIpc) is 3.82. The molecule has 7 nitrogen and oxygen atoms in total. The first kappa shape index (κ1) is 29.4. The molecular formula is C34H40F2N6O. The predicted octanol–water partition coefficient (Wildman–Crippen LogP) is 6.84. The van der Waals surface area contributed by atoms with Gasteiger partial charge in [-0.25, -0.2) is 18.7 Å². The van der Waals surface area contributed by atoms with Crippen LogP contribution in [0.5, 0.6) is 0 Å². The molecule has 5 heterocycles. The molecule has 0 spiro atoms. The van der Waals surface area contributed by atoms with Crippen LogP contribution in [0, 0.1) is 17.2 Å². The predicted molar refractivity (Wildman–Crippen MR) is 164 cm³/mol. The van der Waals surface area contributed by atoms with E-state index in [1.807, 2.05) is 13.0 Å². The summed E-state index contributed by atoms with van der Waals surface area (Å²) in [6.45, 7) is 4.60. The third-order valence-corrected chi connectivity index (χ3v) is 9.62. The summed E-state index contributed by atoms with van der Waals surface area (Å²) >= 11 is 0. The summed E-state index contributed by atoms with van der Waals surface area (Å²) in [5.74, 6) is -3.09. The molecule has 0 unspecified atom stereocenters. The molecule has 1 saturated carbocycles. The number of anilines is 1. The van der Waals surface area contributed by atoms with E-state index in [1.165, 1.54) is 12.4 Å². The van der Waals surface area contributed by atoms with E-state index in [4.69, 9.17) is 0 Å². The fourth-order valence-corrected chi connectivity index (χ4v) is 6.66. The Morgan fingerprint density at radius 1 is 1.02 bits per heavy atom. The molecule has 3 aliphatic heterocycles. The van der Waals surface area contributed by atoms with Gasteiger partial charge in [0, 0.05) is 36.2 Å². The lowest BCUT2D eigenvalue weighted by atomic mass is 9.85. The Kier molecular flexibility index (Phi) is 8.32. The number of hydrogen-bond donors (Lipinski definition) is 1. The highest BCUT2D eigenvalue weighted by atomic mass is 19.3. The second kappa shape index (κ2) is 12.2. The maximum Gasteiger partial charge on any atom is 0.276 e. The van der Waals surface area contributed by atoms with Gasteiger partial charge in [0.1, 0.15) is 17.8 Å². The third kappa shape index (κ3) is 5.95. The normalized spacial score (nSPS) is 26.3. The lowest BCUT2D eigenvalue weighted by Crippen LogP contribution is -2.39. The van der Waals surface area contributed by atoms with E-state index in [9.17, 15) is 10.1 Å². The van der Waals surface area contributed by atoms with Crippen molar-refractivity contribution in [3.05, 3.63) is 75.9 Å². The van der Waals surface area contributed by atoms with Crippen LogP contribution in [0.15, 0.2) is 53.6 Å². The summed E-state index contributed by atoms with van der Waals surface area (Å²) in [5, 5.41) is 14.0. The first-order valence-corrected chi connectivity index (χ1v) is 15.7. The molecular weight excluding hydrogens is 546 g/mol. The van der Waals surface area contributed by atoms with E-state index in [0.29, 0.717) is 67.7 Å². The summed E-state index contributed by atoms with van der Waals surface area (Å²) in [4.78, 5) is 25.0. The number of benzene rings is 1. The summed E-state index contributed by atoms with van der Waals surface area (Å²) in [7, 11) is 0. The van der Waals surface area contributed by atoms with Crippen molar-refractivity contribution in [1.82, 2.24) is 19.4 Å². The highest BCUT2D eigenvalue weighted by Gasteiger charge is 2.47. The second-order valence-electron chi connectivity index (χ2n) is 12.5. The number of piperidine rings is 1. The largest absolute Gasteiger partial charge is 0.363 e. The molecule has 9 heteroatoms. The fourth-order valence-electron chi connectivity index (χ4n) is 6.66. The van der Waals surface area contributed by atoms with Gasteiger partial charge < -0.3 is 5.32 Å². The molecule has 2 aromatic heterocycles. The van der Waals surface area contributed by atoms with Crippen molar-refractivity contribution >= 4 is 16.9 Å². The zero-order valence-corrected chi connectivity index (χ0v) is 24.9. The Hall–Kier alpha value is -3.64. The average molecular weight is 587 g/mol. The molecule has 8 bridgehead atoms. The van der Waals surface area contributed by atoms with Crippen LogP contribution in [0.2, 0.25) is 0 Å². The van der Waals surface area contributed by atoms with Crippen LogP contribution in [-0.2, 0) is 17.9 Å². The van der Waals surface area contributed by atoms with Crippen molar-refractivity contribution < 1.29 is 8.78 Å². The Morgan fingerprint density at radius 2 is 1.81 bits per heavy atom. The number of aryl methyl sites for hydroxylation is 1. The number of rotatable bonds is 1. The number of allylic oxidation sites excluding steroid dienone is 1. The first-order chi connectivity index (χ1) is 20.8. The van der Waals surface area contributed by atoms with Crippen molar-refractivity contribution in [2.24, 2.45) is 5.92 Å². The Bertz CT molecular complexity index is 1600. The molecule has 1 aliphatic carbocycles. The van der Waals surface area contributed by atoms with Crippen LogP contribution in [0.25, 0.3) is 11.0 Å². The number of hydrogen-bond acceptors (Lipinski definition) is 6. The molecule has 4 aliphatic rings. The smallest absolute Gasteiger partial charge is 0.276 e. The number of nitriles is 1. The minimum Gasteiger partial charge on any atom is -0.363 e. The fraction of sp³-hybridized carbons (Fsp3) is 0.529. The Balaban J connectivity index is 1.38. The van der Waals surface area contributed by atoms with Gasteiger partial charge in [0.25, 0.3) is 11.5 Å². The van der Waals surface area contributed by atoms with Crippen LogP contribution >= 0.6 is 0 Å². The molecule has 7 rings (SSSR count). The molecule has 226 valence electrons. The zero-order chi connectivity index (χ0) is 30.0. The molecule has 0 radical (unpaired) electrons. The summed E-state index contributed by atoms with van der Waals surface area (Å²) in [5.41, 5.74) is 0.878. The monoisotopic (exact) mass is 586 g/mol. The third-order valence-electron chi connectivity index (χ3n) is 9.62. The number of fused-ring (bicyclic) bond motifs is 10. The van der Waals surface area contributed by atoms with Gasteiger partial charge in [0.15, 0.2) is 0 Å². The number of aromatic nitrogens is 3. The van der Waals surface area contributed by atoms with E-state index in [1.54, 1.807) is 22.8 Å². The van der Waals surface area contributed by atoms with Crippen LogP contribution < -0.4 is 10.9 Å². The van der Waals surface area contributed by atoms with Crippen molar-refractivity contribution in [2.45, 2.75) is 88.6 Å². The van der Waals surface area contributed by atoms with Crippen LogP contribution in [0.4, 0.5) is 14.6 Å². The molecule has 1 saturated heterocycles. The van der Waals surface area contributed by atoms with Gasteiger partial charge in [0.2, 0.25) is 0 Å². The van der Waals surface area contributed by atoms with E-state index in [2.05, 4.69) is 38.4 Å². The highest BCUT2D eigenvalue weighted by Crippen LogP contribution is 2.47. The second-order valence-corrected chi connectivity index (χ2v) is 12.5. The van der Waals surface area contributed by atoms with E-state index in [0.717, 1.165) is 44.2 Å². The minimum atomic E-state index is -2.92. The quantitative estimate of drug-likeness (QED) is 0.314. The van der Waals surface area contributed by atoms with Gasteiger partial charge >= 0.3 is 0 Å². The van der Waals surface area contributed by atoms with Crippen molar-refractivity contribution in [1.29, 1.82) is 5.26 Å². The van der Waals surface area contributed by atoms with Crippen LogP contribution in [-0.4, -0.2) is 39.1 Å². The highest BCUT2D eigenvalue weighted by molar-refractivity contribution is 5.87. The Labute approximate surface area is 251 Å². The maximum atomic E-state index is 15.8. The van der Waals surface area contributed by atoms with E-state index in [-0.39, 0.29) is 17.2 Å². The molecule has 2 fully saturated rings. The number of halogens is 2. The van der Waals surface area contributed by atoms with Gasteiger partial charge in [0.05, 0.1) is 16.9 Å². The first-order valence-electron chi connectivity index (χ1n) is 15.7. The van der Waals surface area contributed by atoms with E-state index < -0.39 is 17.3 Å². The maximum absolute atomic E-state index is 15.8. The molecule has 1 atom stereocenters. The number of pyridine rings is 1. The van der Waals surface area contributed by atoms with Gasteiger partial charge in [-0.05, 0) is 82.7 Å². The zero-order valence-electron chi connectivity index (χ0n) is 24.9. The lowest BCUT2D eigenvalue weighted by Gasteiger charge is -2.35. The molecule has 43 heavy (non-hydrogen) atoms. The van der Waals surface area contributed by atoms with Crippen molar-refractivity contribution in [2.75, 3.05) is 25.0 Å². The van der Waals surface area contributed by atoms with Crippen molar-refractivity contribution in [3.63, 3.8) is 0 Å². The lowest BCUT2D eigenvalue weighted by molar-refractivity contribution is -0.0847. The Morgan fingerprint density at radius 3 is 2.58 bits per heavy atom. The number of nitrogens with one attached hydrogen (secondary N) is 1. The standard InChI is InChI=1S/C34H40F2N6O/c1-24-25-10-9-11-27(20-25)34(35,36)26-12-18-41(19-13-26)16-7-5-3-2-4-6-8-17-42-31-28(30(40-24)38-23-39-31)21-29(32(42)43)33(22-37)14-15-33/h5,7,9-11,20-21,23-24,26H,2-4,6,8,12-19H2,1H3,(H,38,39,40)/b7-5-/t24-/m1/s1. The van der Waals surface area contributed by atoms with Gasteiger partial charge in [-0.3, -0.25) is 14.3 Å². The van der Waals surface area contributed by atoms with Gasteiger partial charge in [-0.15, -0.1) is 0 Å². The van der Waals surface area contributed by atoms with E-state index >= 15 is 8.78 Å². The van der Waals surface area contributed by atoms with Crippen LogP contribution in [0.1, 0.15) is 87.4 Å². The summed E-state index contributed by atoms with van der Waals surface area (Å²) in [6.07, 6.45) is 13.0. The molecule has 1 N–H and O–H groups in total. The molecule has 1 aromatic carbocycles. The number of nitrogens with zero attached hydrogens (tertiary/aromatic N) is 5. The topological polar surface area (TPSA) is 86.8 Å². The van der Waals surface area contributed by atoms with Gasteiger partial charge in [-0.2, -0.15) is 5.26 Å². The van der Waals surface area contributed by atoms with Gasteiger partial charge in [-0.1, -0.05) is 43.2 Å². The summed E-state index contributed by atoms with van der Waals surface area (Å²) in [6, 6.07) is 10.5. The number of alkyl halides is 2. The van der Waals surface area contributed by atoms with Crippen molar-refractivity contribution in [3.8, 4) is 6.07 Å². The van der Waals surface area contributed by atoms with Crippen LogP contribution in [0.3, 0.4) is 0 Å². The molecule has 0 amide bonds.